The van der Waals surface area contributed by atoms with Gasteiger partial charge in [-0.3, -0.25) is 15.1 Å². The van der Waals surface area contributed by atoms with Gasteiger partial charge < -0.3 is 15.2 Å². The zero-order valence-electron chi connectivity index (χ0n) is 20.3. The fourth-order valence-electron chi connectivity index (χ4n) is 4.14. The first-order valence-corrected chi connectivity index (χ1v) is 11.5. The lowest BCUT2D eigenvalue weighted by Gasteiger charge is -2.13. The number of pyridine rings is 2. The third-order valence-corrected chi connectivity index (χ3v) is 5.92. The molecule has 0 saturated carbocycles. The molecule has 4 heterocycles. The molecule has 0 aliphatic rings. The van der Waals surface area contributed by atoms with E-state index < -0.39 is 0 Å². The van der Waals surface area contributed by atoms with Crippen molar-refractivity contribution < 1.29 is 4.39 Å². The summed E-state index contributed by atoms with van der Waals surface area (Å²) in [6.45, 7) is 8.94. The molecule has 9 nitrogen and oxygen atoms in total. The van der Waals surface area contributed by atoms with E-state index in [1.165, 1.54) is 0 Å². The molecule has 0 fully saturated rings. The first kappa shape index (κ1) is 23.3. The number of fused-ring (bicyclic) bond motifs is 2. The van der Waals surface area contributed by atoms with Crippen molar-refractivity contribution in [3.63, 3.8) is 0 Å². The van der Waals surface area contributed by atoms with Crippen molar-refractivity contribution in [2.45, 2.75) is 20.4 Å². The summed E-state index contributed by atoms with van der Waals surface area (Å²) < 4.78 is 16.0. The van der Waals surface area contributed by atoms with Gasteiger partial charge in [0.15, 0.2) is 11.6 Å². The Labute approximate surface area is 207 Å². The Hall–Kier alpha value is -4.44. The average molecular weight is 484 g/mol. The maximum atomic E-state index is 16.0. The van der Waals surface area contributed by atoms with Crippen molar-refractivity contribution in [3.05, 3.63) is 66.1 Å². The van der Waals surface area contributed by atoms with E-state index >= 15 is 4.39 Å². The van der Waals surface area contributed by atoms with Crippen LogP contribution >= 0.6 is 0 Å². The highest BCUT2D eigenvalue weighted by Gasteiger charge is 2.21. The number of allylic oxidation sites excluding steroid dienone is 1. The topological polar surface area (TPSA) is 111 Å². The number of aromatic amines is 2. The predicted octanol–water partition coefficient (Wildman–Crippen LogP) is 4.81. The molecule has 10 heteroatoms. The van der Waals surface area contributed by atoms with Crippen molar-refractivity contribution in [1.82, 2.24) is 35.5 Å². The number of halogens is 1. The first-order valence-electron chi connectivity index (χ1n) is 11.5. The van der Waals surface area contributed by atoms with Gasteiger partial charge in [-0.2, -0.15) is 5.10 Å². The van der Waals surface area contributed by atoms with E-state index in [0.29, 0.717) is 51.4 Å². The molecule has 182 valence electrons. The van der Waals surface area contributed by atoms with Gasteiger partial charge in [-0.1, -0.05) is 6.92 Å². The van der Waals surface area contributed by atoms with Gasteiger partial charge in [0, 0.05) is 49.5 Å². The van der Waals surface area contributed by atoms with Crippen LogP contribution in [-0.4, -0.2) is 50.4 Å². The maximum Gasteiger partial charge on any atom is 0.160 e. The molecule has 0 unspecified atom stereocenters. The van der Waals surface area contributed by atoms with E-state index in [-0.39, 0.29) is 5.82 Å². The maximum absolute atomic E-state index is 16.0. The van der Waals surface area contributed by atoms with Gasteiger partial charge in [-0.05, 0) is 50.0 Å². The van der Waals surface area contributed by atoms with Crippen molar-refractivity contribution in [2.75, 3.05) is 18.5 Å². The highest BCUT2D eigenvalue weighted by atomic mass is 19.1. The van der Waals surface area contributed by atoms with Crippen LogP contribution in [0.3, 0.4) is 0 Å². The lowest BCUT2D eigenvalue weighted by atomic mass is 10.0. The lowest BCUT2D eigenvalue weighted by molar-refractivity contribution is 0.643. The number of H-pyrrole nitrogens is 2. The van der Waals surface area contributed by atoms with Gasteiger partial charge in [0.1, 0.15) is 17.0 Å². The van der Waals surface area contributed by atoms with Crippen LogP contribution in [0.15, 0.2) is 59.7 Å². The zero-order valence-corrected chi connectivity index (χ0v) is 20.3. The Morgan fingerprint density at radius 3 is 2.92 bits per heavy atom. The quantitative estimate of drug-likeness (QED) is 0.273. The number of benzene rings is 1. The summed E-state index contributed by atoms with van der Waals surface area (Å²) in [4.78, 5) is 22.5. The molecule has 0 aliphatic heterocycles. The largest absolute Gasteiger partial charge is 0.336 e. The zero-order chi connectivity index (χ0) is 25.2. The van der Waals surface area contributed by atoms with E-state index in [4.69, 9.17) is 4.98 Å². The number of hydrogen-bond acceptors (Lipinski definition) is 7. The molecule has 0 spiro atoms. The molecule has 3 N–H and O–H groups in total. The third-order valence-electron chi connectivity index (χ3n) is 5.92. The number of nitrogens with one attached hydrogen (secondary N) is 3. The minimum absolute atomic E-state index is 0.359. The molecule has 5 rings (SSSR count). The van der Waals surface area contributed by atoms with Crippen LogP contribution in [0.5, 0.6) is 0 Å². The highest BCUT2D eigenvalue weighted by molar-refractivity contribution is 5.97. The second kappa shape index (κ2) is 9.67. The number of hydrogen-bond donors (Lipinski definition) is 3. The highest BCUT2D eigenvalue weighted by Crippen LogP contribution is 2.34. The minimum Gasteiger partial charge on any atom is -0.336 e. The Morgan fingerprint density at radius 1 is 1.25 bits per heavy atom. The van der Waals surface area contributed by atoms with Gasteiger partial charge in [-0.15, -0.1) is 0 Å². The van der Waals surface area contributed by atoms with Crippen LogP contribution in [0.4, 0.5) is 10.2 Å². The standard InChI is InChI=1S/C26H26FN9/c1-5-29-11-16-10-17(13-30-12-16)18-6-7-19-21(22(18)27)24(35-34-19)25-32-20-8-9-31-26(23(20)33-25)36(4)14-15(2)28-3/h6-10,12-14,29H,3,5,11H2,1-2,4H3,(H,32,33)(H,34,35)/b15-14-. The fraction of sp³-hybridized carbons (Fsp3) is 0.192. The molecule has 0 radical (unpaired) electrons. The van der Waals surface area contributed by atoms with Crippen molar-refractivity contribution in [1.29, 1.82) is 0 Å². The SMILES string of the molecule is C=N/C(C)=C\N(C)c1nccc2[nH]c(-c3n[nH]c4ccc(-c5cncc(CNCC)c5)c(F)c34)nc12. The number of anilines is 1. The summed E-state index contributed by atoms with van der Waals surface area (Å²) in [7, 11) is 1.86. The molecule has 0 atom stereocenters. The van der Waals surface area contributed by atoms with Crippen molar-refractivity contribution in [3.8, 4) is 22.6 Å². The van der Waals surface area contributed by atoms with E-state index in [1.807, 2.05) is 50.2 Å². The monoisotopic (exact) mass is 483 g/mol. The van der Waals surface area contributed by atoms with E-state index in [1.54, 1.807) is 24.7 Å². The molecular formula is C26H26FN9. The van der Waals surface area contributed by atoms with Crippen LogP contribution < -0.4 is 10.2 Å². The van der Waals surface area contributed by atoms with Gasteiger partial charge in [0.05, 0.1) is 22.1 Å². The average Bonchev–Trinajstić information content (AvgIpc) is 3.52. The molecule has 0 aliphatic carbocycles. The van der Waals surface area contributed by atoms with E-state index in [0.717, 1.165) is 23.3 Å². The van der Waals surface area contributed by atoms with Crippen molar-refractivity contribution in [2.24, 2.45) is 4.99 Å². The Kier molecular flexibility index (Phi) is 6.26. The molecule has 0 bridgehead atoms. The van der Waals surface area contributed by atoms with Gasteiger partial charge in [0.25, 0.3) is 0 Å². The molecule has 0 amide bonds. The number of rotatable bonds is 8. The molecule has 36 heavy (non-hydrogen) atoms. The summed E-state index contributed by atoms with van der Waals surface area (Å²) >= 11 is 0. The predicted molar refractivity (Wildman–Crippen MR) is 141 cm³/mol. The fourth-order valence-corrected chi connectivity index (χ4v) is 4.14. The smallest absolute Gasteiger partial charge is 0.160 e. The summed E-state index contributed by atoms with van der Waals surface area (Å²) in [5.74, 6) is 0.685. The number of aromatic nitrogens is 6. The van der Waals surface area contributed by atoms with Gasteiger partial charge in [-0.25, -0.2) is 14.4 Å². The Balaban J connectivity index is 1.61. The molecule has 0 saturated heterocycles. The molecular weight excluding hydrogens is 457 g/mol. The molecule has 5 aromatic rings. The van der Waals surface area contributed by atoms with Crippen LogP contribution in [-0.2, 0) is 6.54 Å². The summed E-state index contributed by atoms with van der Waals surface area (Å²) in [6, 6.07) is 7.33. The normalized spacial score (nSPS) is 11.9. The van der Waals surface area contributed by atoms with Crippen LogP contribution in [0.2, 0.25) is 0 Å². The minimum atomic E-state index is -0.384. The van der Waals surface area contributed by atoms with Gasteiger partial charge >= 0.3 is 0 Å². The van der Waals surface area contributed by atoms with Crippen LogP contribution in [0.25, 0.3) is 44.6 Å². The third kappa shape index (κ3) is 4.22. The molecule has 1 aromatic carbocycles. The van der Waals surface area contributed by atoms with Crippen molar-refractivity contribution >= 4 is 34.5 Å². The number of imidazole rings is 1. The van der Waals surface area contributed by atoms with Crippen LogP contribution in [0, 0.1) is 5.82 Å². The molecule has 4 aromatic heterocycles. The Morgan fingerprint density at radius 2 is 2.11 bits per heavy atom. The number of nitrogens with zero attached hydrogens (tertiary/aromatic N) is 6. The number of aliphatic imine (C=N–C) groups is 1. The van der Waals surface area contributed by atoms with Crippen LogP contribution in [0.1, 0.15) is 19.4 Å². The first-order chi connectivity index (χ1) is 17.5. The summed E-state index contributed by atoms with van der Waals surface area (Å²) in [6.07, 6.45) is 6.96. The second-order valence-corrected chi connectivity index (χ2v) is 8.44. The Bertz CT molecular complexity index is 1600. The van der Waals surface area contributed by atoms with Gasteiger partial charge in [0.2, 0.25) is 0 Å². The second-order valence-electron chi connectivity index (χ2n) is 8.44. The van der Waals surface area contributed by atoms with E-state index in [2.05, 4.69) is 42.2 Å². The summed E-state index contributed by atoms with van der Waals surface area (Å²) in [5.41, 5.74) is 5.24. The van der Waals surface area contributed by atoms with E-state index in [9.17, 15) is 0 Å². The summed E-state index contributed by atoms with van der Waals surface area (Å²) in [5, 5.41) is 11.0. The lowest BCUT2D eigenvalue weighted by Crippen LogP contribution is -2.11.